The first-order valence-corrected chi connectivity index (χ1v) is 13.2. The summed E-state index contributed by atoms with van der Waals surface area (Å²) in [5.41, 5.74) is 4.12. The van der Waals surface area contributed by atoms with E-state index < -0.39 is 6.36 Å². The summed E-state index contributed by atoms with van der Waals surface area (Å²) in [5, 5.41) is 4.94. The van der Waals surface area contributed by atoms with Gasteiger partial charge in [-0.3, -0.25) is 9.98 Å². The van der Waals surface area contributed by atoms with E-state index in [0.29, 0.717) is 11.1 Å². The molecule has 0 radical (unpaired) electrons. The van der Waals surface area contributed by atoms with Gasteiger partial charge in [0.05, 0.1) is 5.88 Å². The van der Waals surface area contributed by atoms with Gasteiger partial charge in [-0.1, -0.05) is 43.3 Å². The minimum absolute atomic E-state index is 0.224. The quantitative estimate of drug-likeness (QED) is 0.215. The minimum atomic E-state index is -4.68. The maximum Gasteiger partial charge on any atom is 0.573 e. The lowest BCUT2D eigenvalue weighted by Gasteiger charge is -2.12. The maximum atomic E-state index is 12.3. The third-order valence-corrected chi connectivity index (χ3v) is 6.71. The molecule has 9 heteroatoms. The van der Waals surface area contributed by atoms with Crippen molar-refractivity contribution >= 4 is 36.1 Å². The van der Waals surface area contributed by atoms with Crippen molar-refractivity contribution in [1.82, 2.24) is 5.32 Å². The second kappa shape index (κ2) is 12.4. The van der Waals surface area contributed by atoms with Crippen LogP contribution in [0.5, 0.6) is 5.75 Å². The lowest BCUT2D eigenvalue weighted by molar-refractivity contribution is -0.274. The van der Waals surface area contributed by atoms with Crippen molar-refractivity contribution in [3.63, 3.8) is 0 Å². The maximum absolute atomic E-state index is 12.3. The zero-order chi connectivity index (χ0) is 24.6. The minimum Gasteiger partial charge on any atom is -0.406 e. The van der Waals surface area contributed by atoms with Crippen molar-refractivity contribution in [3.05, 3.63) is 64.7 Å². The molecule has 1 aliphatic rings. The van der Waals surface area contributed by atoms with Crippen molar-refractivity contribution in [1.29, 1.82) is 0 Å². The molecular weight excluding hydrogens is 479 g/mol. The fourth-order valence-corrected chi connectivity index (χ4v) is 4.89. The molecule has 34 heavy (non-hydrogen) atoms. The van der Waals surface area contributed by atoms with Gasteiger partial charge in [0.15, 0.2) is 0 Å². The fraction of sp³-hybridized carbons (Fsp3) is 0.360. The SMILES string of the molecule is C=NC1=C(/C(=N\CSC)NCCCc2ccc(-c3ccc(OC(F)(F)F)cc3)cc2)CC(C)S1. The number of alkyl halides is 3. The molecule has 3 rings (SSSR count). The van der Waals surface area contributed by atoms with Crippen LogP contribution in [0.15, 0.2) is 69.1 Å². The lowest BCUT2D eigenvalue weighted by atomic mass is 10.0. The van der Waals surface area contributed by atoms with Gasteiger partial charge in [0, 0.05) is 17.4 Å². The van der Waals surface area contributed by atoms with Gasteiger partial charge in [0.2, 0.25) is 0 Å². The molecule has 0 aromatic heterocycles. The van der Waals surface area contributed by atoms with Crippen LogP contribution in [-0.4, -0.2) is 42.8 Å². The smallest absolute Gasteiger partial charge is 0.406 e. The summed E-state index contributed by atoms with van der Waals surface area (Å²) in [4.78, 5) is 8.90. The Bertz CT molecular complexity index is 1020. The van der Waals surface area contributed by atoms with E-state index in [1.807, 2.05) is 18.4 Å². The number of hydrogen-bond acceptors (Lipinski definition) is 5. The first-order chi connectivity index (χ1) is 16.3. The number of aryl methyl sites for hydroxylation is 1. The topological polar surface area (TPSA) is 46.0 Å². The zero-order valence-electron chi connectivity index (χ0n) is 19.2. The molecule has 2 aromatic carbocycles. The molecule has 182 valence electrons. The summed E-state index contributed by atoms with van der Waals surface area (Å²) in [6, 6.07) is 14.0. The molecule has 4 nitrogen and oxygen atoms in total. The van der Waals surface area contributed by atoms with Gasteiger partial charge >= 0.3 is 6.36 Å². The number of nitrogens with one attached hydrogen (secondary N) is 1. The highest BCUT2D eigenvalue weighted by Crippen LogP contribution is 2.38. The van der Waals surface area contributed by atoms with Crippen molar-refractivity contribution < 1.29 is 17.9 Å². The summed E-state index contributed by atoms with van der Waals surface area (Å²) < 4.78 is 40.9. The van der Waals surface area contributed by atoms with E-state index >= 15 is 0 Å². The average molecular weight is 508 g/mol. The Morgan fingerprint density at radius 2 is 1.79 bits per heavy atom. The standard InChI is InChI=1S/C25H28F3N3OS2/c1-17-15-22(24(29-2)34-17)23(31-16-33-3)30-14-4-5-18-6-8-19(9-7-18)20-10-12-21(13-11-20)32-25(26,27)28/h6-13,17H,2,4-5,14-16H2,1,3H3,(H,30,31). The van der Waals surface area contributed by atoms with Crippen LogP contribution in [-0.2, 0) is 6.42 Å². The number of benzene rings is 2. The number of thioether (sulfide) groups is 2. The number of rotatable bonds is 10. The van der Waals surface area contributed by atoms with Gasteiger partial charge in [-0.25, -0.2) is 0 Å². The normalized spacial score (nSPS) is 16.6. The van der Waals surface area contributed by atoms with Gasteiger partial charge in [-0.15, -0.1) is 36.7 Å². The van der Waals surface area contributed by atoms with E-state index in [9.17, 15) is 13.2 Å². The Labute approximate surface area is 207 Å². The summed E-state index contributed by atoms with van der Waals surface area (Å²) in [7, 11) is 0. The van der Waals surface area contributed by atoms with E-state index in [0.717, 1.165) is 53.4 Å². The zero-order valence-corrected chi connectivity index (χ0v) is 20.8. The van der Waals surface area contributed by atoms with Gasteiger partial charge in [-0.05, 0) is 61.1 Å². The van der Waals surface area contributed by atoms with Crippen LogP contribution in [0.2, 0.25) is 0 Å². The van der Waals surface area contributed by atoms with Gasteiger partial charge in [-0.2, -0.15) is 0 Å². The Hall–Kier alpha value is -2.39. The van der Waals surface area contributed by atoms with Crippen LogP contribution in [0.25, 0.3) is 11.1 Å². The molecule has 1 heterocycles. The Balaban J connectivity index is 1.53. The van der Waals surface area contributed by atoms with Crippen molar-refractivity contribution in [2.24, 2.45) is 9.98 Å². The van der Waals surface area contributed by atoms with Crippen LogP contribution in [0.4, 0.5) is 13.2 Å². The molecule has 1 aliphatic heterocycles. The van der Waals surface area contributed by atoms with Crippen LogP contribution in [0.3, 0.4) is 0 Å². The monoisotopic (exact) mass is 507 g/mol. The molecular formula is C25H28F3N3OS2. The Morgan fingerprint density at radius 1 is 1.15 bits per heavy atom. The molecule has 0 saturated heterocycles. The molecule has 0 amide bonds. The second-order valence-electron chi connectivity index (χ2n) is 7.80. The third kappa shape index (κ3) is 7.84. The van der Waals surface area contributed by atoms with Crippen molar-refractivity contribution in [3.8, 4) is 16.9 Å². The molecule has 0 fully saturated rings. The largest absolute Gasteiger partial charge is 0.573 e. The highest BCUT2D eigenvalue weighted by atomic mass is 32.2. The number of aliphatic imine (C=N–C) groups is 2. The molecule has 1 atom stereocenters. The molecule has 1 N–H and O–H groups in total. The molecule has 0 bridgehead atoms. The second-order valence-corrected chi connectivity index (χ2v) is 10.1. The van der Waals surface area contributed by atoms with Crippen molar-refractivity contribution in [2.75, 3.05) is 18.7 Å². The molecule has 2 aromatic rings. The molecule has 0 spiro atoms. The van der Waals surface area contributed by atoms with Crippen LogP contribution in [0.1, 0.15) is 25.3 Å². The van der Waals surface area contributed by atoms with E-state index in [2.05, 4.69) is 40.8 Å². The van der Waals surface area contributed by atoms with Gasteiger partial charge < -0.3 is 10.1 Å². The molecule has 1 unspecified atom stereocenters. The average Bonchev–Trinajstić information content (AvgIpc) is 3.19. The third-order valence-electron chi connectivity index (χ3n) is 5.15. The van der Waals surface area contributed by atoms with E-state index in [4.69, 9.17) is 4.99 Å². The highest BCUT2D eigenvalue weighted by molar-refractivity contribution is 8.03. The highest BCUT2D eigenvalue weighted by Gasteiger charge is 2.31. The fourth-order valence-electron chi connectivity index (χ4n) is 3.61. The predicted octanol–water partition coefficient (Wildman–Crippen LogP) is 6.93. The molecule has 0 saturated carbocycles. The number of amidine groups is 1. The van der Waals surface area contributed by atoms with E-state index in [1.165, 1.54) is 17.7 Å². The first-order valence-electron chi connectivity index (χ1n) is 10.9. The summed E-state index contributed by atoms with van der Waals surface area (Å²) in [6.45, 7) is 6.68. The Kier molecular flexibility index (Phi) is 9.53. The first kappa shape index (κ1) is 26.2. The summed E-state index contributed by atoms with van der Waals surface area (Å²) in [6.07, 6.45) is 0.120. The lowest BCUT2D eigenvalue weighted by Crippen LogP contribution is -2.27. The van der Waals surface area contributed by atoms with E-state index in [1.54, 1.807) is 35.7 Å². The van der Waals surface area contributed by atoms with Crippen molar-refractivity contribution in [2.45, 2.75) is 37.8 Å². The van der Waals surface area contributed by atoms with E-state index in [-0.39, 0.29) is 5.75 Å². The summed E-state index contributed by atoms with van der Waals surface area (Å²) >= 11 is 3.42. The van der Waals surface area contributed by atoms with Crippen LogP contribution in [0, 0.1) is 0 Å². The Morgan fingerprint density at radius 3 is 2.38 bits per heavy atom. The number of nitrogens with zero attached hydrogens (tertiary/aromatic N) is 2. The number of hydrogen-bond donors (Lipinski definition) is 1. The van der Waals surface area contributed by atoms with Gasteiger partial charge in [0.25, 0.3) is 0 Å². The van der Waals surface area contributed by atoms with Crippen LogP contribution >= 0.6 is 23.5 Å². The van der Waals surface area contributed by atoms with Gasteiger partial charge in [0.1, 0.15) is 16.6 Å². The number of halogens is 3. The number of ether oxygens (including phenoxy) is 1. The van der Waals surface area contributed by atoms with Crippen LogP contribution < -0.4 is 10.1 Å². The summed E-state index contributed by atoms with van der Waals surface area (Å²) in [5.74, 6) is 1.39. The predicted molar refractivity (Wildman–Crippen MR) is 139 cm³/mol. The molecule has 0 aliphatic carbocycles.